The van der Waals surface area contributed by atoms with Gasteiger partial charge in [-0.05, 0) is 24.6 Å². The molecule has 0 amide bonds. The van der Waals surface area contributed by atoms with Crippen LogP contribution in [0.25, 0.3) is 0 Å². The molecule has 0 radical (unpaired) electrons. The van der Waals surface area contributed by atoms with Crippen LogP contribution in [0.3, 0.4) is 0 Å². The van der Waals surface area contributed by atoms with Crippen molar-refractivity contribution < 1.29 is 8.42 Å². The predicted octanol–water partition coefficient (Wildman–Crippen LogP) is 2.06. The molecule has 1 aliphatic heterocycles. The third-order valence-corrected chi connectivity index (χ3v) is 5.26. The molecule has 0 aliphatic carbocycles. The average Bonchev–Trinajstić information content (AvgIpc) is 2.45. The average molecular weight is 331 g/mol. The molecule has 0 saturated carbocycles. The maximum atomic E-state index is 11.2. The van der Waals surface area contributed by atoms with Gasteiger partial charge >= 0.3 is 0 Å². The summed E-state index contributed by atoms with van der Waals surface area (Å²) in [6.45, 7) is 6.62. The second kappa shape index (κ2) is 7.09. The van der Waals surface area contributed by atoms with Gasteiger partial charge in [0.2, 0.25) is 0 Å². The zero-order valence-electron chi connectivity index (χ0n) is 12.6. The highest BCUT2D eigenvalue weighted by atomic mass is 35.5. The molecule has 1 aromatic carbocycles. The van der Waals surface area contributed by atoms with E-state index in [1.54, 1.807) is 0 Å². The van der Waals surface area contributed by atoms with Gasteiger partial charge in [0.1, 0.15) is 9.84 Å². The zero-order chi connectivity index (χ0) is 15.5. The first-order valence-corrected chi connectivity index (χ1v) is 9.68. The lowest BCUT2D eigenvalue weighted by Crippen LogP contribution is -2.48. The summed E-state index contributed by atoms with van der Waals surface area (Å²) in [7, 11) is -2.87. The van der Waals surface area contributed by atoms with E-state index in [0.717, 1.165) is 31.2 Å². The van der Waals surface area contributed by atoms with Crippen molar-refractivity contribution in [2.75, 3.05) is 44.7 Å². The second-order valence-electron chi connectivity index (χ2n) is 5.74. The Morgan fingerprint density at radius 3 is 2.24 bits per heavy atom. The molecule has 0 unspecified atom stereocenters. The molecular weight excluding hydrogens is 308 g/mol. The molecule has 1 heterocycles. The maximum absolute atomic E-state index is 11.2. The quantitative estimate of drug-likeness (QED) is 0.828. The largest absolute Gasteiger partial charge is 0.300 e. The van der Waals surface area contributed by atoms with Crippen molar-refractivity contribution in [2.24, 2.45) is 0 Å². The smallest absolute Gasteiger partial charge is 0.148 e. The topological polar surface area (TPSA) is 40.6 Å². The Labute approximate surface area is 132 Å². The molecule has 1 aromatic rings. The van der Waals surface area contributed by atoms with Gasteiger partial charge in [0, 0.05) is 50.0 Å². The second-order valence-corrected chi connectivity index (χ2v) is 8.43. The number of benzene rings is 1. The van der Waals surface area contributed by atoms with Crippen LogP contribution >= 0.6 is 11.6 Å². The van der Waals surface area contributed by atoms with E-state index < -0.39 is 9.84 Å². The molecule has 0 spiro atoms. The van der Waals surface area contributed by atoms with Crippen LogP contribution in [0, 0.1) is 0 Å². The van der Waals surface area contributed by atoms with Gasteiger partial charge in [-0.3, -0.25) is 9.80 Å². The number of halogens is 1. The maximum Gasteiger partial charge on any atom is 0.148 e. The molecule has 4 nitrogen and oxygen atoms in total. The van der Waals surface area contributed by atoms with Gasteiger partial charge in [0.05, 0.1) is 5.75 Å². The van der Waals surface area contributed by atoms with Crippen LogP contribution in [-0.4, -0.2) is 63.0 Å². The minimum atomic E-state index is -2.87. The lowest BCUT2D eigenvalue weighted by molar-refractivity contribution is 0.106. The summed E-state index contributed by atoms with van der Waals surface area (Å²) >= 11 is 5.92. The van der Waals surface area contributed by atoms with E-state index in [0.29, 0.717) is 12.6 Å². The number of hydrogen-bond donors (Lipinski definition) is 0. The highest BCUT2D eigenvalue weighted by Gasteiger charge is 2.22. The molecule has 6 heteroatoms. The Kier molecular flexibility index (Phi) is 5.66. The van der Waals surface area contributed by atoms with Crippen molar-refractivity contribution in [1.29, 1.82) is 0 Å². The Morgan fingerprint density at radius 2 is 1.71 bits per heavy atom. The molecular formula is C15H23ClN2O2S. The minimum absolute atomic E-state index is 0.250. The molecule has 0 aromatic heterocycles. The standard InChI is InChI=1S/C15H23ClN2O2S/c1-13(14-3-5-15(16)6-4-14)18-9-7-17(8-10-18)11-12-21(2,19)20/h3-6,13H,7-12H2,1-2H3/t13-/m1/s1. The van der Waals surface area contributed by atoms with Crippen LogP contribution in [0.5, 0.6) is 0 Å². The van der Waals surface area contributed by atoms with Gasteiger partial charge in [-0.1, -0.05) is 23.7 Å². The van der Waals surface area contributed by atoms with Gasteiger partial charge in [0.25, 0.3) is 0 Å². The van der Waals surface area contributed by atoms with Gasteiger partial charge in [-0.2, -0.15) is 0 Å². The van der Waals surface area contributed by atoms with Crippen molar-refractivity contribution >= 4 is 21.4 Å². The first-order chi connectivity index (χ1) is 9.85. The van der Waals surface area contributed by atoms with Crippen LogP contribution in [0.4, 0.5) is 0 Å². The normalized spacial score (nSPS) is 19.6. The van der Waals surface area contributed by atoms with E-state index in [1.807, 2.05) is 12.1 Å². The van der Waals surface area contributed by atoms with Gasteiger partial charge in [-0.25, -0.2) is 8.42 Å². The van der Waals surface area contributed by atoms with Crippen LogP contribution in [0.1, 0.15) is 18.5 Å². The molecule has 1 fully saturated rings. The van der Waals surface area contributed by atoms with E-state index in [2.05, 4.69) is 28.9 Å². The van der Waals surface area contributed by atoms with E-state index in [1.165, 1.54) is 11.8 Å². The molecule has 2 rings (SSSR count). The lowest BCUT2D eigenvalue weighted by atomic mass is 10.1. The zero-order valence-corrected chi connectivity index (χ0v) is 14.2. The molecule has 0 bridgehead atoms. The minimum Gasteiger partial charge on any atom is -0.300 e. The van der Waals surface area contributed by atoms with E-state index >= 15 is 0 Å². The van der Waals surface area contributed by atoms with Crippen molar-refractivity contribution in [1.82, 2.24) is 9.80 Å². The number of sulfone groups is 1. The summed E-state index contributed by atoms with van der Waals surface area (Å²) in [5.74, 6) is 0.250. The SMILES string of the molecule is C[C@H](c1ccc(Cl)cc1)N1CCN(CCS(C)(=O)=O)CC1. The van der Waals surface area contributed by atoms with Crippen molar-refractivity contribution in [3.8, 4) is 0 Å². The Bertz CT molecular complexity index is 552. The van der Waals surface area contributed by atoms with E-state index in [4.69, 9.17) is 11.6 Å². The molecule has 1 atom stereocenters. The first kappa shape index (κ1) is 16.7. The van der Waals surface area contributed by atoms with Gasteiger partial charge in [0.15, 0.2) is 0 Å². The van der Waals surface area contributed by atoms with Crippen molar-refractivity contribution in [2.45, 2.75) is 13.0 Å². The summed E-state index contributed by atoms with van der Waals surface area (Å²) < 4.78 is 22.4. The number of rotatable bonds is 5. The fraction of sp³-hybridized carbons (Fsp3) is 0.600. The fourth-order valence-corrected chi connectivity index (χ4v) is 3.34. The van der Waals surface area contributed by atoms with Gasteiger partial charge in [-0.15, -0.1) is 0 Å². The van der Waals surface area contributed by atoms with Crippen LogP contribution in [-0.2, 0) is 9.84 Å². The number of nitrogens with zero attached hydrogens (tertiary/aromatic N) is 2. The predicted molar refractivity (Wildman–Crippen MR) is 87.6 cm³/mol. The third-order valence-electron chi connectivity index (χ3n) is 4.09. The lowest BCUT2D eigenvalue weighted by Gasteiger charge is -2.38. The molecule has 118 valence electrons. The summed E-state index contributed by atoms with van der Waals surface area (Å²) in [6.07, 6.45) is 1.30. The first-order valence-electron chi connectivity index (χ1n) is 7.25. The third kappa shape index (κ3) is 5.25. The summed E-state index contributed by atoms with van der Waals surface area (Å²) in [5, 5.41) is 0.761. The summed E-state index contributed by atoms with van der Waals surface area (Å²) in [4.78, 5) is 4.66. The van der Waals surface area contributed by atoms with E-state index in [-0.39, 0.29) is 5.75 Å². The Morgan fingerprint density at radius 1 is 1.14 bits per heavy atom. The highest BCUT2D eigenvalue weighted by molar-refractivity contribution is 7.90. The molecule has 21 heavy (non-hydrogen) atoms. The van der Waals surface area contributed by atoms with Gasteiger partial charge < -0.3 is 0 Å². The van der Waals surface area contributed by atoms with Crippen LogP contribution in [0.2, 0.25) is 5.02 Å². The molecule has 0 N–H and O–H groups in total. The van der Waals surface area contributed by atoms with Crippen molar-refractivity contribution in [3.05, 3.63) is 34.9 Å². The molecule has 1 aliphatic rings. The Hall–Kier alpha value is -0.620. The van der Waals surface area contributed by atoms with E-state index in [9.17, 15) is 8.42 Å². The monoisotopic (exact) mass is 330 g/mol. The summed E-state index contributed by atoms with van der Waals surface area (Å²) in [6, 6.07) is 8.36. The summed E-state index contributed by atoms with van der Waals surface area (Å²) in [5.41, 5.74) is 1.27. The van der Waals surface area contributed by atoms with Crippen LogP contribution < -0.4 is 0 Å². The number of hydrogen-bond acceptors (Lipinski definition) is 4. The Balaban J connectivity index is 1.84. The molecule has 1 saturated heterocycles. The fourth-order valence-electron chi connectivity index (χ4n) is 2.62. The van der Waals surface area contributed by atoms with Crippen LogP contribution in [0.15, 0.2) is 24.3 Å². The number of piperazine rings is 1. The highest BCUT2D eigenvalue weighted by Crippen LogP contribution is 2.23. The van der Waals surface area contributed by atoms with Crippen molar-refractivity contribution in [3.63, 3.8) is 0 Å².